The number of piperidine rings is 1. The van der Waals surface area contributed by atoms with Crippen molar-refractivity contribution in [1.29, 1.82) is 0 Å². The van der Waals surface area contributed by atoms with Crippen LogP contribution in [0.5, 0.6) is 0 Å². The Morgan fingerprint density at radius 2 is 1.90 bits per heavy atom. The molecule has 8 nitrogen and oxygen atoms in total. The van der Waals surface area contributed by atoms with Gasteiger partial charge in [0.25, 0.3) is 5.91 Å². The molecule has 0 saturated carbocycles. The van der Waals surface area contributed by atoms with Gasteiger partial charge in [-0.1, -0.05) is 18.2 Å². The van der Waals surface area contributed by atoms with Crippen molar-refractivity contribution in [3.8, 4) is 0 Å². The topological polar surface area (TPSA) is 98.8 Å². The van der Waals surface area contributed by atoms with Crippen LogP contribution in [0, 0.1) is 0 Å². The molecule has 8 heteroatoms. The van der Waals surface area contributed by atoms with Crippen molar-refractivity contribution in [2.45, 2.75) is 44.8 Å². The van der Waals surface area contributed by atoms with Crippen LogP contribution in [0.25, 0.3) is 0 Å². The van der Waals surface area contributed by atoms with Crippen molar-refractivity contribution >= 4 is 35.1 Å². The summed E-state index contributed by atoms with van der Waals surface area (Å²) in [6.45, 7) is 2.28. The molecule has 2 N–H and O–H groups in total. The lowest BCUT2D eigenvalue weighted by Crippen LogP contribution is -2.52. The number of hydrogen-bond acceptors (Lipinski definition) is 4. The summed E-state index contributed by atoms with van der Waals surface area (Å²) in [6.07, 6.45) is 1.34. The minimum Gasteiger partial charge on any atom is -0.322 e. The Balaban J connectivity index is 1.33. The molecule has 0 bridgehead atoms. The molecule has 5 amide bonds. The molecule has 1 fully saturated rings. The third-order valence-electron chi connectivity index (χ3n) is 6.20. The predicted octanol–water partition coefficient (Wildman–Crippen LogP) is 2.43. The van der Waals surface area contributed by atoms with Gasteiger partial charge in [-0.25, -0.2) is 4.79 Å². The van der Waals surface area contributed by atoms with E-state index in [4.69, 9.17) is 0 Å². The highest BCUT2D eigenvalue weighted by Crippen LogP contribution is 2.33. The smallest absolute Gasteiger partial charge is 0.322 e. The van der Waals surface area contributed by atoms with Gasteiger partial charge < -0.3 is 10.2 Å². The van der Waals surface area contributed by atoms with Crippen LogP contribution < -0.4 is 15.5 Å². The summed E-state index contributed by atoms with van der Waals surface area (Å²) in [5.74, 6) is -0.981. The second kappa shape index (κ2) is 7.23. The van der Waals surface area contributed by atoms with Gasteiger partial charge in [0.15, 0.2) is 0 Å². The summed E-state index contributed by atoms with van der Waals surface area (Å²) < 4.78 is 0. The first-order valence-corrected chi connectivity index (χ1v) is 10.4. The maximum atomic E-state index is 13.0. The molecule has 3 aliphatic rings. The SMILES string of the molecule is C[C@H]1Cc2ccccc2N1C(=O)Nc1ccc2c(c1)CN(C1CCC(=O)NC1=O)C2=O. The number of anilines is 2. The first-order chi connectivity index (χ1) is 14.9. The van der Waals surface area contributed by atoms with Gasteiger partial charge in [0, 0.05) is 35.9 Å². The molecule has 2 aromatic carbocycles. The summed E-state index contributed by atoms with van der Waals surface area (Å²) in [5, 5.41) is 5.24. The summed E-state index contributed by atoms with van der Waals surface area (Å²) in [5.41, 5.74) is 3.92. The van der Waals surface area contributed by atoms with E-state index < -0.39 is 11.9 Å². The van der Waals surface area contributed by atoms with Gasteiger partial charge >= 0.3 is 6.03 Å². The highest BCUT2D eigenvalue weighted by atomic mass is 16.2. The zero-order valence-corrected chi connectivity index (χ0v) is 17.1. The lowest BCUT2D eigenvalue weighted by Gasteiger charge is -2.29. The Morgan fingerprint density at radius 3 is 2.71 bits per heavy atom. The fraction of sp³-hybridized carbons (Fsp3) is 0.304. The van der Waals surface area contributed by atoms with Gasteiger partial charge in [0.05, 0.1) is 0 Å². The third-order valence-corrected chi connectivity index (χ3v) is 6.20. The van der Waals surface area contributed by atoms with Crippen LogP contribution in [0.1, 0.15) is 41.3 Å². The highest BCUT2D eigenvalue weighted by molar-refractivity contribution is 6.07. The maximum Gasteiger partial charge on any atom is 0.326 e. The van der Waals surface area contributed by atoms with Gasteiger partial charge in [0.2, 0.25) is 11.8 Å². The van der Waals surface area contributed by atoms with E-state index in [1.807, 2.05) is 31.2 Å². The molecule has 2 atom stereocenters. The maximum absolute atomic E-state index is 13.0. The lowest BCUT2D eigenvalue weighted by molar-refractivity contribution is -0.136. The number of amides is 5. The van der Waals surface area contributed by atoms with Gasteiger partial charge in [-0.05, 0) is 55.2 Å². The van der Waals surface area contributed by atoms with E-state index in [9.17, 15) is 19.2 Å². The first-order valence-electron chi connectivity index (χ1n) is 10.4. The average molecular weight is 418 g/mol. The van der Waals surface area contributed by atoms with Crippen molar-refractivity contribution in [1.82, 2.24) is 10.2 Å². The molecule has 3 heterocycles. The number of rotatable bonds is 2. The van der Waals surface area contributed by atoms with E-state index in [1.165, 1.54) is 4.90 Å². The quantitative estimate of drug-likeness (QED) is 0.732. The van der Waals surface area contributed by atoms with Crippen molar-refractivity contribution in [3.05, 3.63) is 59.2 Å². The Bertz CT molecular complexity index is 1130. The molecule has 0 radical (unpaired) electrons. The Labute approximate surface area is 179 Å². The number of nitrogens with zero attached hydrogens (tertiary/aromatic N) is 2. The number of nitrogens with one attached hydrogen (secondary N) is 2. The summed E-state index contributed by atoms with van der Waals surface area (Å²) >= 11 is 0. The standard InChI is InChI=1S/C23H22N4O4/c1-13-10-14-4-2-3-5-18(14)27(13)23(31)24-16-6-7-17-15(11-16)12-26(22(17)30)19-8-9-20(28)25-21(19)29/h2-7,11,13,19H,8-10,12H2,1H3,(H,24,31)(H,25,28,29)/t13-,19?/m0/s1. The molecule has 0 aromatic heterocycles. The molecule has 0 spiro atoms. The van der Waals surface area contributed by atoms with Crippen LogP contribution in [0.4, 0.5) is 16.2 Å². The van der Waals surface area contributed by atoms with Gasteiger partial charge in [-0.2, -0.15) is 0 Å². The van der Waals surface area contributed by atoms with Crippen LogP contribution >= 0.6 is 0 Å². The molecular formula is C23H22N4O4. The molecule has 1 saturated heterocycles. The van der Waals surface area contributed by atoms with Crippen LogP contribution in [-0.4, -0.2) is 40.7 Å². The van der Waals surface area contributed by atoms with Gasteiger partial charge in [0.1, 0.15) is 6.04 Å². The predicted molar refractivity (Wildman–Crippen MR) is 114 cm³/mol. The largest absolute Gasteiger partial charge is 0.326 e. The monoisotopic (exact) mass is 418 g/mol. The zero-order valence-electron chi connectivity index (χ0n) is 17.1. The number of carbonyl (C=O) groups is 4. The number of hydrogen-bond donors (Lipinski definition) is 2. The fourth-order valence-electron chi connectivity index (χ4n) is 4.71. The second-order valence-corrected chi connectivity index (χ2v) is 8.25. The minimum atomic E-state index is -0.655. The van der Waals surface area contributed by atoms with E-state index in [1.54, 1.807) is 23.1 Å². The number of carbonyl (C=O) groups excluding carboxylic acids is 4. The van der Waals surface area contributed by atoms with Gasteiger partial charge in [-0.15, -0.1) is 0 Å². The van der Waals surface area contributed by atoms with Crippen LogP contribution in [0.3, 0.4) is 0 Å². The van der Waals surface area contributed by atoms with Crippen LogP contribution in [0.15, 0.2) is 42.5 Å². The summed E-state index contributed by atoms with van der Waals surface area (Å²) in [7, 11) is 0. The van der Waals surface area contributed by atoms with E-state index in [0.717, 1.165) is 23.2 Å². The molecule has 31 heavy (non-hydrogen) atoms. The van der Waals surface area contributed by atoms with E-state index >= 15 is 0 Å². The average Bonchev–Trinajstić information content (AvgIpc) is 3.24. The Morgan fingerprint density at radius 1 is 1.10 bits per heavy atom. The van der Waals surface area contributed by atoms with E-state index in [-0.39, 0.29) is 36.9 Å². The number of benzene rings is 2. The van der Waals surface area contributed by atoms with Crippen molar-refractivity contribution in [2.24, 2.45) is 0 Å². The van der Waals surface area contributed by atoms with Crippen LogP contribution in [0.2, 0.25) is 0 Å². The summed E-state index contributed by atoms with van der Waals surface area (Å²) in [4.78, 5) is 52.7. The molecule has 0 aliphatic carbocycles. The Kier molecular flexibility index (Phi) is 4.50. The van der Waals surface area contributed by atoms with Crippen molar-refractivity contribution < 1.29 is 19.2 Å². The molecule has 158 valence electrons. The Hall–Kier alpha value is -3.68. The second-order valence-electron chi connectivity index (χ2n) is 8.25. The molecule has 3 aliphatic heterocycles. The molecular weight excluding hydrogens is 396 g/mol. The molecule has 1 unspecified atom stereocenters. The summed E-state index contributed by atoms with van der Waals surface area (Å²) in [6, 6.07) is 12.2. The lowest BCUT2D eigenvalue weighted by atomic mass is 10.0. The highest BCUT2D eigenvalue weighted by Gasteiger charge is 2.39. The number of para-hydroxylation sites is 1. The number of fused-ring (bicyclic) bond motifs is 2. The van der Waals surface area contributed by atoms with E-state index in [0.29, 0.717) is 17.7 Å². The zero-order chi connectivity index (χ0) is 21.7. The normalized spacial score (nSPS) is 22.3. The number of imide groups is 1. The first kappa shape index (κ1) is 19.3. The number of urea groups is 1. The molecule has 2 aromatic rings. The van der Waals surface area contributed by atoms with Crippen molar-refractivity contribution in [2.75, 3.05) is 10.2 Å². The third kappa shape index (κ3) is 3.24. The molecule has 5 rings (SSSR count). The van der Waals surface area contributed by atoms with Gasteiger partial charge in [-0.3, -0.25) is 24.6 Å². The van der Waals surface area contributed by atoms with Crippen molar-refractivity contribution in [3.63, 3.8) is 0 Å². The fourth-order valence-corrected chi connectivity index (χ4v) is 4.71. The van der Waals surface area contributed by atoms with Crippen LogP contribution in [-0.2, 0) is 22.6 Å². The van der Waals surface area contributed by atoms with E-state index in [2.05, 4.69) is 10.6 Å². The minimum absolute atomic E-state index is 0.0522.